The van der Waals surface area contributed by atoms with Crippen LogP contribution in [0.3, 0.4) is 0 Å². The fourth-order valence-electron chi connectivity index (χ4n) is 3.67. The van der Waals surface area contributed by atoms with Crippen molar-refractivity contribution in [2.75, 3.05) is 14.2 Å². The van der Waals surface area contributed by atoms with Crippen molar-refractivity contribution in [1.29, 1.82) is 0 Å². The van der Waals surface area contributed by atoms with E-state index < -0.39 is 5.82 Å². The van der Waals surface area contributed by atoms with Crippen LogP contribution in [0.25, 0.3) is 5.69 Å². The van der Waals surface area contributed by atoms with E-state index in [0.29, 0.717) is 17.3 Å². The molecule has 4 aromatic rings. The molecule has 8 heteroatoms. The van der Waals surface area contributed by atoms with Gasteiger partial charge in [-0.1, -0.05) is 42.4 Å². The molecule has 0 aliphatic rings. The minimum Gasteiger partial charge on any atom is -0.493 e. The van der Waals surface area contributed by atoms with Gasteiger partial charge in [-0.2, -0.15) is 0 Å². The first-order chi connectivity index (χ1) is 16.4. The lowest BCUT2D eigenvalue weighted by Gasteiger charge is -2.18. The number of imidazole rings is 1. The molecule has 1 unspecified atom stereocenters. The molecule has 3 aromatic carbocycles. The minimum absolute atomic E-state index is 0.0491. The summed E-state index contributed by atoms with van der Waals surface area (Å²) < 4.78 is 40.0. The number of benzene rings is 3. The van der Waals surface area contributed by atoms with Crippen LogP contribution in [0.5, 0.6) is 11.5 Å². The van der Waals surface area contributed by atoms with Crippen LogP contribution < -0.4 is 9.47 Å². The molecule has 0 N–H and O–H groups in total. The Hall–Kier alpha value is -3.03. The first-order valence-corrected chi connectivity index (χ1v) is 11.9. The summed E-state index contributed by atoms with van der Waals surface area (Å²) in [5.74, 6) is 1.03. The van der Waals surface area contributed by atoms with Crippen LogP contribution in [-0.2, 0) is 5.75 Å². The molecule has 0 radical (unpaired) electrons. The molecule has 0 aliphatic carbocycles. The van der Waals surface area contributed by atoms with E-state index in [1.807, 2.05) is 29.0 Å². The average Bonchev–Trinajstić information content (AvgIpc) is 3.28. The van der Waals surface area contributed by atoms with Gasteiger partial charge in [-0.3, -0.25) is 4.57 Å². The van der Waals surface area contributed by atoms with Crippen molar-refractivity contribution in [2.45, 2.75) is 23.8 Å². The largest absolute Gasteiger partial charge is 0.493 e. The van der Waals surface area contributed by atoms with Crippen molar-refractivity contribution >= 4 is 23.4 Å². The predicted octanol–water partition coefficient (Wildman–Crippen LogP) is 7.27. The highest BCUT2D eigenvalue weighted by atomic mass is 35.5. The van der Waals surface area contributed by atoms with Gasteiger partial charge in [-0.05, 0) is 59.7 Å². The maximum absolute atomic E-state index is 13.6. The van der Waals surface area contributed by atoms with E-state index >= 15 is 0 Å². The predicted molar refractivity (Wildman–Crippen MR) is 132 cm³/mol. The van der Waals surface area contributed by atoms with Crippen molar-refractivity contribution in [3.05, 3.63) is 100 Å². The quantitative estimate of drug-likeness (QED) is 0.238. The Morgan fingerprint density at radius 1 is 0.971 bits per heavy atom. The first kappa shape index (κ1) is 24.1. The summed E-state index contributed by atoms with van der Waals surface area (Å²) in [5, 5.41) is 0.817. The average molecular weight is 501 g/mol. The molecule has 4 rings (SSSR count). The van der Waals surface area contributed by atoms with E-state index in [2.05, 4.69) is 11.9 Å². The normalized spacial score (nSPS) is 11.9. The third kappa shape index (κ3) is 5.05. The van der Waals surface area contributed by atoms with Crippen molar-refractivity contribution in [2.24, 2.45) is 0 Å². The molecule has 0 spiro atoms. The van der Waals surface area contributed by atoms with Crippen LogP contribution in [0.15, 0.2) is 72.0 Å². The maximum atomic E-state index is 13.6. The zero-order valence-electron chi connectivity index (χ0n) is 18.9. The number of hydrogen-bond acceptors (Lipinski definition) is 4. The molecular formula is C26H23ClF2N2O2S. The lowest BCUT2D eigenvalue weighted by Crippen LogP contribution is -2.07. The molecule has 0 saturated heterocycles. The lowest BCUT2D eigenvalue weighted by molar-refractivity contribution is 0.354. The van der Waals surface area contributed by atoms with Gasteiger partial charge in [-0.15, -0.1) is 0 Å². The Bertz CT molecular complexity index is 1290. The Kier molecular flexibility index (Phi) is 7.44. The SMILES string of the molecule is COc1ccc(C(C)c2cnc(SCc3ccc(F)c(Cl)c3)n2-c2ccc(F)cc2)cc1OC. The fraction of sp³-hybridized carbons (Fsp3) is 0.192. The lowest BCUT2D eigenvalue weighted by atomic mass is 9.97. The van der Waals surface area contributed by atoms with Gasteiger partial charge in [-0.25, -0.2) is 13.8 Å². The summed E-state index contributed by atoms with van der Waals surface area (Å²) in [6.45, 7) is 2.08. The molecule has 0 fully saturated rings. The maximum Gasteiger partial charge on any atom is 0.173 e. The highest BCUT2D eigenvalue weighted by molar-refractivity contribution is 7.98. The number of halogens is 3. The number of thioether (sulfide) groups is 1. The highest BCUT2D eigenvalue weighted by Crippen LogP contribution is 2.36. The molecule has 0 saturated carbocycles. The number of aromatic nitrogens is 2. The van der Waals surface area contributed by atoms with Gasteiger partial charge >= 0.3 is 0 Å². The molecule has 34 heavy (non-hydrogen) atoms. The zero-order chi connectivity index (χ0) is 24.2. The fourth-order valence-corrected chi connectivity index (χ4v) is 4.82. The van der Waals surface area contributed by atoms with E-state index in [1.54, 1.807) is 38.5 Å². The molecule has 1 aromatic heterocycles. The van der Waals surface area contributed by atoms with Gasteiger partial charge < -0.3 is 9.47 Å². The Morgan fingerprint density at radius 3 is 2.38 bits per heavy atom. The molecule has 0 bridgehead atoms. The van der Waals surface area contributed by atoms with Crippen LogP contribution >= 0.6 is 23.4 Å². The van der Waals surface area contributed by atoms with Gasteiger partial charge in [0.2, 0.25) is 0 Å². The number of methoxy groups -OCH3 is 2. The van der Waals surface area contributed by atoms with Gasteiger partial charge in [0, 0.05) is 17.4 Å². The van der Waals surface area contributed by atoms with Gasteiger partial charge in [0.05, 0.1) is 31.1 Å². The second kappa shape index (κ2) is 10.5. The van der Waals surface area contributed by atoms with Crippen LogP contribution in [0, 0.1) is 11.6 Å². The second-order valence-corrected chi connectivity index (χ2v) is 9.00. The number of ether oxygens (including phenoxy) is 2. The Balaban J connectivity index is 1.71. The standard InChI is InChI=1S/C26H23ClF2N2O2S/c1-16(18-5-11-24(32-2)25(13-18)33-3)23-14-30-26(31(23)20-8-6-19(28)7-9-20)34-15-17-4-10-22(29)21(27)12-17/h4-14,16H,15H2,1-3H3. The van der Waals surface area contributed by atoms with Crippen LogP contribution in [0.2, 0.25) is 5.02 Å². The number of rotatable bonds is 8. The first-order valence-electron chi connectivity index (χ1n) is 10.5. The van der Waals surface area contributed by atoms with Crippen molar-refractivity contribution in [3.8, 4) is 17.2 Å². The van der Waals surface area contributed by atoms with Gasteiger partial charge in [0.25, 0.3) is 0 Å². The van der Waals surface area contributed by atoms with Gasteiger partial charge in [0.1, 0.15) is 11.6 Å². The Labute approximate surface area is 206 Å². The van der Waals surface area contributed by atoms with Crippen molar-refractivity contribution in [3.63, 3.8) is 0 Å². The van der Waals surface area contributed by atoms with Crippen LogP contribution in [-0.4, -0.2) is 23.8 Å². The topological polar surface area (TPSA) is 36.3 Å². The van der Waals surface area contributed by atoms with E-state index in [9.17, 15) is 8.78 Å². The molecule has 176 valence electrons. The van der Waals surface area contributed by atoms with E-state index in [-0.39, 0.29) is 16.8 Å². The minimum atomic E-state index is -0.450. The summed E-state index contributed by atoms with van der Waals surface area (Å²) in [6, 6.07) is 16.8. The summed E-state index contributed by atoms with van der Waals surface area (Å²) in [4.78, 5) is 4.66. The van der Waals surface area contributed by atoms with Gasteiger partial charge in [0.15, 0.2) is 16.7 Å². The highest BCUT2D eigenvalue weighted by Gasteiger charge is 2.20. The van der Waals surface area contributed by atoms with E-state index in [1.165, 1.54) is 30.0 Å². The van der Waals surface area contributed by atoms with Crippen LogP contribution in [0.1, 0.15) is 29.7 Å². The molecular weight excluding hydrogens is 478 g/mol. The molecule has 1 atom stereocenters. The monoisotopic (exact) mass is 500 g/mol. The molecule has 4 nitrogen and oxygen atoms in total. The number of hydrogen-bond donors (Lipinski definition) is 0. The van der Waals surface area contributed by atoms with E-state index in [4.69, 9.17) is 21.1 Å². The molecule has 1 heterocycles. The molecule has 0 amide bonds. The summed E-state index contributed by atoms with van der Waals surface area (Å²) in [5.41, 5.74) is 3.61. The van der Waals surface area contributed by atoms with Crippen LogP contribution in [0.4, 0.5) is 8.78 Å². The van der Waals surface area contributed by atoms with E-state index in [0.717, 1.165) is 27.7 Å². The summed E-state index contributed by atoms with van der Waals surface area (Å²) in [7, 11) is 3.20. The number of nitrogens with zero attached hydrogens (tertiary/aromatic N) is 2. The third-order valence-electron chi connectivity index (χ3n) is 5.54. The van der Waals surface area contributed by atoms with Crippen molar-refractivity contribution in [1.82, 2.24) is 9.55 Å². The summed E-state index contributed by atoms with van der Waals surface area (Å²) >= 11 is 7.43. The third-order valence-corrected chi connectivity index (χ3v) is 6.86. The van der Waals surface area contributed by atoms with Crippen molar-refractivity contribution < 1.29 is 18.3 Å². The molecule has 0 aliphatic heterocycles. The second-order valence-electron chi connectivity index (χ2n) is 7.65. The smallest absolute Gasteiger partial charge is 0.173 e. The zero-order valence-corrected chi connectivity index (χ0v) is 20.5. The Morgan fingerprint density at radius 2 is 1.71 bits per heavy atom. The summed E-state index contributed by atoms with van der Waals surface area (Å²) in [6.07, 6.45) is 1.82.